The molecule has 0 radical (unpaired) electrons. The Labute approximate surface area is 155 Å². The molecular formula is C15H16ClFN4O4S. The van der Waals surface area contributed by atoms with Gasteiger partial charge in [-0.25, -0.2) is 8.42 Å². The molecule has 26 heavy (non-hydrogen) atoms. The Balaban J connectivity index is 0.00000243. The molecule has 2 aromatic rings. The number of hydrogen-bond donors (Lipinski definition) is 1. The molecule has 1 aromatic carbocycles. The lowest BCUT2D eigenvalue weighted by Crippen LogP contribution is -2.48. The zero-order chi connectivity index (χ0) is 18.0. The van der Waals surface area contributed by atoms with Crippen LogP contribution in [0.15, 0.2) is 47.6 Å². The van der Waals surface area contributed by atoms with E-state index in [0.29, 0.717) is 18.7 Å². The van der Waals surface area contributed by atoms with Gasteiger partial charge in [0.15, 0.2) is 4.90 Å². The number of piperazine rings is 1. The van der Waals surface area contributed by atoms with Gasteiger partial charge < -0.3 is 5.32 Å². The normalized spacial score (nSPS) is 18.1. The topological polar surface area (TPSA) is 105 Å². The Hall–Kier alpha value is -2.14. The molecule has 1 fully saturated rings. The zero-order valence-corrected chi connectivity index (χ0v) is 15.0. The molecule has 0 spiro atoms. The number of nitrogens with one attached hydrogen (secondary N) is 1. The van der Waals surface area contributed by atoms with Crippen LogP contribution in [0.3, 0.4) is 0 Å². The smallest absolute Gasteiger partial charge is 0.313 e. The first-order valence-corrected chi connectivity index (χ1v) is 8.92. The van der Waals surface area contributed by atoms with E-state index in [9.17, 15) is 22.9 Å². The molecule has 1 atom stereocenters. The molecule has 1 unspecified atom stereocenters. The minimum Gasteiger partial charge on any atom is -0.313 e. The average Bonchev–Trinajstić information content (AvgIpc) is 2.62. The number of para-hydroxylation sites is 1. The van der Waals surface area contributed by atoms with Crippen LogP contribution in [0.5, 0.6) is 0 Å². The number of sulfonamides is 1. The largest absolute Gasteiger partial charge is 0.324 e. The van der Waals surface area contributed by atoms with Crippen LogP contribution in [-0.2, 0) is 10.0 Å². The number of hydrogen-bond acceptors (Lipinski definition) is 6. The highest BCUT2D eigenvalue weighted by Gasteiger charge is 2.39. The Morgan fingerprint density at radius 1 is 1.31 bits per heavy atom. The van der Waals surface area contributed by atoms with Crippen molar-refractivity contribution in [3.63, 3.8) is 0 Å². The van der Waals surface area contributed by atoms with Gasteiger partial charge in [-0.3, -0.25) is 15.1 Å². The van der Waals surface area contributed by atoms with Crippen molar-refractivity contribution < 1.29 is 17.7 Å². The summed E-state index contributed by atoms with van der Waals surface area (Å²) < 4.78 is 41.1. The standard InChI is InChI=1S/C15H15FN4O4S.ClH/c16-12-4-1-5-14(15(12)20(21)22)25(23,24)19-8-7-18-10-13(19)11-3-2-6-17-9-11;/h1-6,9,13,18H,7-8,10H2;1H. The third-order valence-corrected chi connectivity index (χ3v) is 5.92. The minimum absolute atomic E-state index is 0. The Morgan fingerprint density at radius 3 is 2.73 bits per heavy atom. The monoisotopic (exact) mass is 402 g/mol. The van der Waals surface area contributed by atoms with E-state index in [-0.39, 0.29) is 19.0 Å². The van der Waals surface area contributed by atoms with Gasteiger partial charge in [0.25, 0.3) is 10.0 Å². The Morgan fingerprint density at radius 2 is 2.08 bits per heavy atom. The number of nitro groups is 1. The van der Waals surface area contributed by atoms with Gasteiger partial charge in [0, 0.05) is 32.0 Å². The zero-order valence-electron chi connectivity index (χ0n) is 13.4. The molecule has 11 heteroatoms. The summed E-state index contributed by atoms with van der Waals surface area (Å²) in [5.41, 5.74) is -0.386. The highest BCUT2D eigenvalue weighted by Crippen LogP contribution is 2.34. The minimum atomic E-state index is -4.27. The number of nitro benzene ring substituents is 1. The number of pyridine rings is 1. The van der Waals surface area contributed by atoms with Crippen molar-refractivity contribution in [3.8, 4) is 0 Å². The van der Waals surface area contributed by atoms with Gasteiger partial charge in [-0.1, -0.05) is 12.1 Å². The summed E-state index contributed by atoms with van der Waals surface area (Å²) in [6.45, 7) is 0.822. The first-order chi connectivity index (χ1) is 11.9. The van der Waals surface area contributed by atoms with Crippen LogP contribution in [0.4, 0.5) is 10.1 Å². The van der Waals surface area contributed by atoms with Gasteiger partial charge in [-0.2, -0.15) is 8.70 Å². The lowest BCUT2D eigenvalue weighted by molar-refractivity contribution is -0.390. The molecule has 0 amide bonds. The van der Waals surface area contributed by atoms with E-state index in [0.717, 1.165) is 22.5 Å². The highest BCUT2D eigenvalue weighted by atomic mass is 35.5. The van der Waals surface area contributed by atoms with Crippen LogP contribution >= 0.6 is 12.4 Å². The fraction of sp³-hybridized carbons (Fsp3) is 0.267. The predicted molar refractivity (Wildman–Crippen MR) is 94.0 cm³/mol. The lowest BCUT2D eigenvalue weighted by Gasteiger charge is -2.35. The van der Waals surface area contributed by atoms with E-state index in [2.05, 4.69) is 10.3 Å². The summed E-state index contributed by atoms with van der Waals surface area (Å²) in [6, 6.07) is 5.89. The number of benzene rings is 1. The molecule has 1 saturated heterocycles. The lowest BCUT2D eigenvalue weighted by atomic mass is 10.1. The number of aromatic nitrogens is 1. The summed E-state index contributed by atoms with van der Waals surface area (Å²) in [5, 5.41) is 14.3. The molecule has 1 aliphatic rings. The van der Waals surface area contributed by atoms with Crippen LogP contribution in [0.25, 0.3) is 0 Å². The van der Waals surface area contributed by atoms with E-state index in [1.807, 2.05) is 0 Å². The second-order valence-electron chi connectivity index (χ2n) is 5.47. The maximum Gasteiger partial charge on any atom is 0.324 e. The van der Waals surface area contributed by atoms with Crippen molar-refractivity contribution in [1.29, 1.82) is 0 Å². The molecular weight excluding hydrogens is 387 g/mol. The summed E-state index contributed by atoms with van der Waals surface area (Å²) >= 11 is 0. The first-order valence-electron chi connectivity index (χ1n) is 7.48. The number of halogens is 2. The second kappa shape index (κ2) is 8.04. The van der Waals surface area contributed by atoms with Gasteiger partial charge in [0.2, 0.25) is 5.82 Å². The molecule has 2 heterocycles. The van der Waals surface area contributed by atoms with Crippen LogP contribution in [0.1, 0.15) is 11.6 Å². The summed E-state index contributed by atoms with van der Waals surface area (Å²) in [4.78, 5) is 13.5. The Bertz CT molecular complexity index is 898. The first kappa shape index (κ1) is 20.2. The van der Waals surface area contributed by atoms with E-state index in [4.69, 9.17) is 0 Å². The average molecular weight is 403 g/mol. The molecule has 1 aromatic heterocycles. The van der Waals surface area contributed by atoms with Crippen LogP contribution in [0.2, 0.25) is 0 Å². The Kier molecular flexibility index (Phi) is 6.24. The van der Waals surface area contributed by atoms with Gasteiger partial charge in [-0.15, -0.1) is 12.4 Å². The molecule has 140 valence electrons. The summed E-state index contributed by atoms with van der Waals surface area (Å²) in [5.74, 6) is -1.18. The molecule has 3 rings (SSSR count). The van der Waals surface area contributed by atoms with Gasteiger partial charge in [0.05, 0.1) is 11.0 Å². The quantitative estimate of drug-likeness (QED) is 0.618. The van der Waals surface area contributed by atoms with Crippen LogP contribution < -0.4 is 5.32 Å². The molecule has 0 saturated carbocycles. The molecule has 0 bridgehead atoms. The van der Waals surface area contributed by atoms with E-state index in [1.54, 1.807) is 24.5 Å². The SMILES string of the molecule is Cl.O=[N+]([O-])c1c(F)cccc1S(=O)(=O)N1CCNCC1c1cccnc1. The van der Waals surface area contributed by atoms with Gasteiger partial charge >= 0.3 is 5.69 Å². The van der Waals surface area contributed by atoms with Crippen LogP contribution in [-0.4, -0.2) is 42.3 Å². The van der Waals surface area contributed by atoms with Crippen molar-refractivity contribution in [2.45, 2.75) is 10.9 Å². The maximum absolute atomic E-state index is 13.9. The van der Waals surface area contributed by atoms with Crippen LogP contribution in [0, 0.1) is 15.9 Å². The van der Waals surface area contributed by atoms with E-state index < -0.39 is 37.4 Å². The number of rotatable bonds is 4. The molecule has 8 nitrogen and oxygen atoms in total. The fourth-order valence-corrected chi connectivity index (χ4v) is 4.62. The van der Waals surface area contributed by atoms with Crippen molar-refractivity contribution >= 4 is 28.1 Å². The third-order valence-electron chi connectivity index (χ3n) is 3.98. The van der Waals surface area contributed by atoms with E-state index >= 15 is 0 Å². The highest BCUT2D eigenvalue weighted by molar-refractivity contribution is 7.89. The molecule has 0 aliphatic carbocycles. The summed E-state index contributed by atoms with van der Waals surface area (Å²) in [7, 11) is -4.27. The molecule has 1 aliphatic heterocycles. The number of nitrogens with zero attached hydrogens (tertiary/aromatic N) is 3. The fourth-order valence-electron chi connectivity index (χ4n) is 2.84. The van der Waals surface area contributed by atoms with Crippen molar-refractivity contribution in [2.24, 2.45) is 0 Å². The van der Waals surface area contributed by atoms with Gasteiger partial charge in [-0.05, 0) is 23.8 Å². The summed E-state index contributed by atoms with van der Waals surface area (Å²) in [6.07, 6.45) is 3.11. The van der Waals surface area contributed by atoms with Crippen molar-refractivity contribution in [3.05, 3.63) is 64.2 Å². The van der Waals surface area contributed by atoms with E-state index in [1.165, 1.54) is 0 Å². The molecule has 1 N–H and O–H groups in total. The second-order valence-corrected chi connectivity index (χ2v) is 7.32. The maximum atomic E-state index is 13.9. The third kappa shape index (κ3) is 3.68. The van der Waals surface area contributed by atoms with Gasteiger partial charge in [0.1, 0.15) is 0 Å². The van der Waals surface area contributed by atoms with Crippen molar-refractivity contribution in [2.75, 3.05) is 19.6 Å². The predicted octanol–water partition coefficient (Wildman–Crippen LogP) is 1.89. The van der Waals surface area contributed by atoms with Crippen molar-refractivity contribution in [1.82, 2.24) is 14.6 Å².